The van der Waals surface area contributed by atoms with E-state index in [4.69, 9.17) is 4.74 Å². The van der Waals surface area contributed by atoms with Gasteiger partial charge in [0.15, 0.2) is 17.2 Å². The molecular weight excluding hydrogens is 306 g/mol. The lowest BCUT2D eigenvalue weighted by atomic mass is 9.84. The highest BCUT2D eigenvalue weighted by molar-refractivity contribution is 5.55. The molecule has 2 aromatic rings. The number of phenolic OH excluding ortho intramolecular Hbond substituents is 1. The van der Waals surface area contributed by atoms with Gasteiger partial charge in [-0.05, 0) is 24.3 Å². The van der Waals surface area contributed by atoms with Crippen LogP contribution in [0.5, 0.6) is 5.75 Å². The molecule has 1 fully saturated rings. The second-order valence-electron chi connectivity index (χ2n) is 5.40. The maximum absolute atomic E-state index is 10.8. The number of nitrogens with zero attached hydrogens (tertiary/aromatic N) is 2. The van der Waals surface area contributed by atoms with Crippen molar-refractivity contribution in [3.63, 3.8) is 0 Å². The standard InChI is InChI=1S/C14H17N3O6/c18-5-10-14(22,11(21)9(20)6-23-10)13-15-12(16-17-13)7-1-3-8(19)4-2-7/h1-4,9-11,18-22H,5-6H2,(H,15,16,17)/t9-,10+,11+,14-/m0/s1. The quantitative estimate of drug-likeness (QED) is 0.398. The lowest BCUT2D eigenvalue weighted by Crippen LogP contribution is -2.62. The third-order valence-corrected chi connectivity index (χ3v) is 3.93. The smallest absolute Gasteiger partial charge is 0.181 e. The Hall–Kier alpha value is -2.04. The summed E-state index contributed by atoms with van der Waals surface area (Å²) in [5.41, 5.74) is -1.56. The summed E-state index contributed by atoms with van der Waals surface area (Å²) in [7, 11) is 0. The summed E-state index contributed by atoms with van der Waals surface area (Å²) in [5, 5.41) is 55.8. The Morgan fingerprint density at radius 3 is 2.61 bits per heavy atom. The third-order valence-electron chi connectivity index (χ3n) is 3.93. The van der Waals surface area contributed by atoms with E-state index in [1.54, 1.807) is 12.1 Å². The summed E-state index contributed by atoms with van der Waals surface area (Å²) in [5.74, 6) is 0.172. The van der Waals surface area contributed by atoms with Crippen LogP contribution in [0, 0.1) is 0 Å². The number of aromatic hydroxyl groups is 1. The third kappa shape index (κ3) is 2.58. The Bertz CT molecular complexity index is 671. The van der Waals surface area contributed by atoms with Gasteiger partial charge in [-0.1, -0.05) is 0 Å². The molecule has 0 aliphatic carbocycles. The second-order valence-corrected chi connectivity index (χ2v) is 5.40. The monoisotopic (exact) mass is 323 g/mol. The van der Waals surface area contributed by atoms with Crippen molar-refractivity contribution in [1.29, 1.82) is 0 Å². The Morgan fingerprint density at radius 2 is 1.96 bits per heavy atom. The molecule has 1 aromatic carbocycles. The summed E-state index contributed by atoms with van der Waals surface area (Å²) in [4.78, 5) is 4.13. The number of aliphatic hydroxyl groups is 4. The predicted octanol–water partition coefficient (Wildman–Crippen LogP) is -1.52. The van der Waals surface area contributed by atoms with E-state index in [0.29, 0.717) is 5.56 Å². The van der Waals surface area contributed by atoms with E-state index in [9.17, 15) is 25.5 Å². The summed E-state index contributed by atoms with van der Waals surface area (Å²) in [6.45, 7) is -0.789. The van der Waals surface area contributed by atoms with Gasteiger partial charge in [0.05, 0.1) is 13.2 Å². The number of hydrogen-bond donors (Lipinski definition) is 6. The van der Waals surface area contributed by atoms with E-state index < -0.39 is 30.5 Å². The molecule has 124 valence electrons. The first kappa shape index (κ1) is 15.8. The second kappa shape index (κ2) is 5.87. The number of aromatic amines is 1. The molecule has 0 bridgehead atoms. The van der Waals surface area contributed by atoms with E-state index in [1.165, 1.54) is 12.1 Å². The van der Waals surface area contributed by atoms with Crippen molar-refractivity contribution < 1.29 is 30.3 Å². The van der Waals surface area contributed by atoms with Crippen LogP contribution in [0.4, 0.5) is 0 Å². The first-order valence-corrected chi connectivity index (χ1v) is 7.00. The summed E-state index contributed by atoms with van der Waals surface area (Å²) in [6, 6.07) is 6.08. The average molecular weight is 323 g/mol. The molecule has 2 heterocycles. The summed E-state index contributed by atoms with van der Waals surface area (Å²) < 4.78 is 5.18. The number of rotatable bonds is 3. The molecule has 9 nitrogen and oxygen atoms in total. The molecule has 4 atom stereocenters. The van der Waals surface area contributed by atoms with Crippen LogP contribution in [0.15, 0.2) is 24.3 Å². The van der Waals surface area contributed by atoms with Gasteiger partial charge in [-0.25, -0.2) is 4.98 Å². The van der Waals surface area contributed by atoms with Gasteiger partial charge in [0.1, 0.15) is 24.1 Å². The number of hydrogen-bond acceptors (Lipinski definition) is 8. The number of aliphatic hydroxyl groups excluding tert-OH is 3. The highest BCUT2D eigenvalue weighted by Crippen LogP contribution is 2.34. The van der Waals surface area contributed by atoms with Crippen LogP contribution in [0.25, 0.3) is 11.4 Å². The van der Waals surface area contributed by atoms with Crippen LogP contribution in [0.1, 0.15) is 5.82 Å². The van der Waals surface area contributed by atoms with Gasteiger partial charge in [-0.15, -0.1) is 0 Å². The number of aromatic nitrogens is 3. The van der Waals surface area contributed by atoms with Gasteiger partial charge < -0.3 is 30.3 Å². The summed E-state index contributed by atoms with van der Waals surface area (Å²) in [6.07, 6.45) is -4.10. The minimum Gasteiger partial charge on any atom is -0.508 e. The van der Waals surface area contributed by atoms with Crippen molar-refractivity contribution in [3.05, 3.63) is 30.1 Å². The van der Waals surface area contributed by atoms with Gasteiger partial charge in [-0.3, -0.25) is 5.10 Å². The van der Waals surface area contributed by atoms with E-state index in [2.05, 4.69) is 15.2 Å². The normalized spacial score (nSPS) is 31.2. The maximum Gasteiger partial charge on any atom is 0.181 e. The molecular formula is C14H17N3O6. The largest absolute Gasteiger partial charge is 0.508 e. The van der Waals surface area contributed by atoms with Crippen LogP contribution in [0.2, 0.25) is 0 Å². The molecule has 0 unspecified atom stereocenters. The van der Waals surface area contributed by atoms with Crippen LogP contribution in [0.3, 0.4) is 0 Å². The highest BCUT2D eigenvalue weighted by atomic mass is 16.5. The van der Waals surface area contributed by atoms with Crippen molar-refractivity contribution in [1.82, 2.24) is 15.2 Å². The molecule has 1 aliphatic rings. The van der Waals surface area contributed by atoms with E-state index >= 15 is 0 Å². The minimum atomic E-state index is -2.13. The Kier molecular flexibility index (Phi) is 4.04. The number of benzene rings is 1. The van der Waals surface area contributed by atoms with Crippen LogP contribution < -0.4 is 0 Å². The van der Waals surface area contributed by atoms with Crippen LogP contribution in [-0.2, 0) is 10.3 Å². The maximum atomic E-state index is 10.8. The van der Waals surface area contributed by atoms with Gasteiger partial charge in [0, 0.05) is 5.56 Å². The van der Waals surface area contributed by atoms with Crippen molar-refractivity contribution in [2.24, 2.45) is 0 Å². The van der Waals surface area contributed by atoms with E-state index in [0.717, 1.165) is 0 Å². The molecule has 1 aliphatic heterocycles. The first-order chi connectivity index (χ1) is 11.0. The zero-order chi connectivity index (χ0) is 16.6. The number of H-pyrrole nitrogens is 1. The Labute approximate surface area is 130 Å². The molecule has 9 heteroatoms. The molecule has 6 N–H and O–H groups in total. The minimum absolute atomic E-state index is 0.0858. The van der Waals surface area contributed by atoms with Gasteiger partial charge >= 0.3 is 0 Å². The fourth-order valence-electron chi connectivity index (χ4n) is 2.58. The number of phenols is 1. The van der Waals surface area contributed by atoms with Crippen LogP contribution in [-0.4, -0.2) is 72.2 Å². The lowest BCUT2D eigenvalue weighted by molar-refractivity contribution is -0.258. The van der Waals surface area contributed by atoms with Gasteiger partial charge in [-0.2, -0.15) is 5.10 Å². The van der Waals surface area contributed by atoms with Gasteiger partial charge in [0.25, 0.3) is 0 Å². The summed E-state index contributed by atoms with van der Waals surface area (Å²) >= 11 is 0. The topological polar surface area (TPSA) is 152 Å². The van der Waals surface area contributed by atoms with Crippen LogP contribution >= 0.6 is 0 Å². The zero-order valence-electron chi connectivity index (χ0n) is 12.0. The SMILES string of the molecule is OC[C@H]1OC[C@H](O)[C@@H](O)[C@]1(O)c1nc(-c2ccc(O)cc2)n[nH]1. The molecule has 0 radical (unpaired) electrons. The number of ether oxygens (including phenoxy) is 1. The van der Waals surface area contributed by atoms with Crippen molar-refractivity contribution >= 4 is 0 Å². The molecule has 0 saturated carbocycles. The van der Waals surface area contributed by atoms with Crippen molar-refractivity contribution in [2.45, 2.75) is 23.9 Å². The highest BCUT2D eigenvalue weighted by Gasteiger charge is 2.54. The zero-order valence-corrected chi connectivity index (χ0v) is 12.0. The van der Waals surface area contributed by atoms with Gasteiger partial charge in [0.2, 0.25) is 0 Å². The predicted molar refractivity (Wildman–Crippen MR) is 76.2 cm³/mol. The van der Waals surface area contributed by atoms with E-state index in [1.807, 2.05) is 0 Å². The lowest BCUT2D eigenvalue weighted by Gasteiger charge is -2.43. The average Bonchev–Trinajstić information content (AvgIpc) is 3.04. The van der Waals surface area contributed by atoms with E-state index in [-0.39, 0.29) is 24.0 Å². The Morgan fingerprint density at radius 1 is 1.26 bits per heavy atom. The molecule has 1 aromatic heterocycles. The van der Waals surface area contributed by atoms with Crippen molar-refractivity contribution in [2.75, 3.05) is 13.2 Å². The fraction of sp³-hybridized carbons (Fsp3) is 0.429. The molecule has 0 amide bonds. The molecule has 23 heavy (non-hydrogen) atoms. The first-order valence-electron chi connectivity index (χ1n) is 7.00. The fourth-order valence-corrected chi connectivity index (χ4v) is 2.58. The van der Waals surface area contributed by atoms with Crippen molar-refractivity contribution in [3.8, 4) is 17.1 Å². The Balaban J connectivity index is 1.98. The molecule has 3 rings (SSSR count). The molecule has 1 saturated heterocycles. The number of nitrogens with one attached hydrogen (secondary N) is 1. The molecule has 0 spiro atoms.